The van der Waals surface area contributed by atoms with Gasteiger partial charge >= 0.3 is 0 Å². The van der Waals surface area contributed by atoms with E-state index < -0.39 is 0 Å². The highest BCUT2D eigenvalue weighted by Crippen LogP contribution is 2.46. The summed E-state index contributed by atoms with van der Waals surface area (Å²) < 4.78 is 0. The van der Waals surface area contributed by atoms with Crippen molar-refractivity contribution in [1.82, 2.24) is 10.2 Å². The van der Waals surface area contributed by atoms with Gasteiger partial charge < -0.3 is 10.2 Å². The van der Waals surface area contributed by atoms with E-state index in [9.17, 15) is 0 Å². The first-order valence-corrected chi connectivity index (χ1v) is 9.71. The normalized spacial score (nSPS) is 19.1. The van der Waals surface area contributed by atoms with E-state index in [1.807, 2.05) is 17.8 Å². The van der Waals surface area contributed by atoms with Gasteiger partial charge in [-0.05, 0) is 47.4 Å². The van der Waals surface area contributed by atoms with E-state index in [-0.39, 0.29) is 0 Å². The van der Waals surface area contributed by atoms with Gasteiger partial charge in [0, 0.05) is 47.5 Å². The Morgan fingerprint density at radius 3 is 2.71 bits per heavy atom. The SMILES string of the molecule is Clc1ccc2c(c1)C(=CCCN1CCNCC1)c1ccccc1S2. The number of hydrogen-bond donors (Lipinski definition) is 1. The van der Waals surface area contributed by atoms with Gasteiger partial charge in [0.15, 0.2) is 0 Å². The summed E-state index contributed by atoms with van der Waals surface area (Å²) in [5.74, 6) is 0. The van der Waals surface area contributed by atoms with Crippen LogP contribution < -0.4 is 5.32 Å². The van der Waals surface area contributed by atoms with Gasteiger partial charge in [0.05, 0.1) is 0 Å². The summed E-state index contributed by atoms with van der Waals surface area (Å²) in [5, 5.41) is 4.22. The molecule has 2 nitrogen and oxygen atoms in total. The van der Waals surface area contributed by atoms with Crippen LogP contribution in [0.5, 0.6) is 0 Å². The number of halogens is 1. The fourth-order valence-electron chi connectivity index (χ4n) is 3.39. The lowest BCUT2D eigenvalue weighted by Gasteiger charge is -2.27. The summed E-state index contributed by atoms with van der Waals surface area (Å²) in [5.41, 5.74) is 3.93. The van der Waals surface area contributed by atoms with Gasteiger partial charge in [-0.3, -0.25) is 0 Å². The second-order valence-corrected chi connectivity index (χ2v) is 7.76. The smallest absolute Gasteiger partial charge is 0.0412 e. The van der Waals surface area contributed by atoms with E-state index in [0.717, 1.165) is 44.2 Å². The van der Waals surface area contributed by atoms with Crippen LogP contribution in [-0.2, 0) is 0 Å². The molecule has 1 fully saturated rings. The first kappa shape index (κ1) is 16.2. The molecule has 4 heteroatoms. The molecular weight excluding hydrogens is 336 g/mol. The monoisotopic (exact) mass is 356 g/mol. The molecule has 0 unspecified atom stereocenters. The summed E-state index contributed by atoms with van der Waals surface area (Å²) in [4.78, 5) is 5.17. The van der Waals surface area contributed by atoms with Gasteiger partial charge in [-0.25, -0.2) is 0 Å². The molecule has 1 N–H and O–H groups in total. The second kappa shape index (κ2) is 7.32. The third-order valence-electron chi connectivity index (χ3n) is 4.63. The number of benzene rings is 2. The van der Waals surface area contributed by atoms with E-state index in [2.05, 4.69) is 52.7 Å². The van der Waals surface area contributed by atoms with Crippen LogP contribution in [0.3, 0.4) is 0 Å². The number of rotatable bonds is 3. The molecule has 0 spiro atoms. The van der Waals surface area contributed by atoms with Gasteiger partial charge in [0.25, 0.3) is 0 Å². The van der Waals surface area contributed by atoms with Crippen molar-refractivity contribution in [2.75, 3.05) is 32.7 Å². The Morgan fingerprint density at radius 1 is 1.04 bits per heavy atom. The van der Waals surface area contributed by atoms with Crippen LogP contribution in [0.15, 0.2) is 58.3 Å². The fraction of sp³-hybridized carbons (Fsp3) is 0.300. The van der Waals surface area contributed by atoms with Gasteiger partial charge in [-0.2, -0.15) is 0 Å². The highest BCUT2D eigenvalue weighted by atomic mass is 35.5. The zero-order valence-corrected chi connectivity index (χ0v) is 15.2. The van der Waals surface area contributed by atoms with Crippen molar-refractivity contribution in [3.05, 3.63) is 64.7 Å². The molecule has 0 bridgehead atoms. The largest absolute Gasteiger partial charge is 0.314 e. The molecule has 24 heavy (non-hydrogen) atoms. The van der Waals surface area contributed by atoms with Crippen LogP contribution in [-0.4, -0.2) is 37.6 Å². The topological polar surface area (TPSA) is 15.3 Å². The molecule has 0 aliphatic carbocycles. The van der Waals surface area contributed by atoms with Crippen molar-refractivity contribution in [3.8, 4) is 0 Å². The first-order valence-electron chi connectivity index (χ1n) is 8.52. The summed E-state index contributed by atoms with van der Waals surface area (Å²) >= 11 is 8.11. The molecule has 2 aliphatic heterocycles. The van der Waals surface area contributed by atoms with Crippen molar-refractivity contribution >= 4 is 28.9 Å². The minimum absolute atomic E-state index is 0.807. The lowest BCUT2D eigenvalue weighted by Crippen LogP contribution is -2.43. The summed E-state index contributed by atoms with van der Waals surface area (Å²) in [6.07, 6.45) is 3.47. The van der Waals surface area contributed by atoms with E-state index in [1.54, 1.807) is 0 Å². The number of piperazine rings is 1. The molecule has 0 amide bonds. The van der Waals surface area contributed by atoms with Crippen molar-refractivity contribution < 1.29 is 0 Å². The van der Waals surface area contributed by atoms with E-state index in [0.29, 0.717) is 0 Å². The first-order chi connectivity index (χ1) is 11.8. The molecule has 2 aliphatic rings. The van der Waals surface area contributed by atoms with Crippen LogP contribution in [0.1, 0.15) is 17.5 Å². The molecule has 2 aromatic carbocycles. The maximum absolute atomic E-state index is 6.27. The predicted octanol–water partition coefficient (Wildman–Crippen LogP) is 4.53. The van der Waals surface area contributed by atoms with Crippen LogP contribution in [0.25, 0.3) is 5.57 Å². The molecule has 2 heterocycles. The minimum atomic E-state index is 0.807. The molecular formula is C20H21ClN2S. The highest BCUT2D eigenvalue weighted by molar-refractivity contribution is 7.99. The van der Waals surface area contributed by atoms with Crippen LogP contribution in [0.4, 0.5) is 0 Å². The Morgan fingerprint density at radius 2 is 1.83 bits per heavy atom. The summed E-state index contributed by atoms with van der Waals surface area (Å²) in [6, 6.07) is 14.9. The lowest BCUT2D eigenvalue weighted by atomic mass is 9.96. The molecule has 0 atom stereocenters. The minimum Gasteiger partial charge on any atom is -0.314 e. The zero-order valence-electron chi connectivity index (χ0n) is 13.6. The highest BCUT2D eigenvalue weighted by Gasteiger charge is 2.20. The molecule has 124 valence electrons. The number of hydrogen-bond acceptors (Lipinski definition) is 3. The molecule has 4 rings (SSSR count). The Kier molecular flexibility index (Phi) is 4.95. The van der Waals surface area contributed by atoms with Gasteiger partial charge in [0.1, 0.15) is 0 Å². The fourth-order valence-corrected chi connectivity index (χ4v) is 4.65. The van der Waals surface area contributed by atoms with Crippen molar-refractivity contribution in [2.45, 2.75) is 16.2 Å². The molecule has 1 saturated heterocycles. The Hall–Kier alpha value is -1.26. The van der Waals surface area contributed by atoms with E-state index in [1.165, 1.54) is 26.5 Å². The Labute approximate surface area is 152 Å². The number of nitrogens with one attached hydrogen (secondary N) is 1. The molecule has 0 radical (unpaired) electrons. The number of nitrogens with zero attached hydrogens (tertiary/aromatic N) is 1. The van der Waals surface area contributed by atoms with Crippen LogP contribution in [0.2, 0.25) is 5.02 Å². The summed E-state index contributed by atoms with van der Waals surface area (Å²) in [6.45, 7) is 5.63. The number of fused-ring (bicyclic) bond motifs is 2. The summed E-state index contributed by atoms with van der Waals surface area (Å²) in [7, 11) is 0. The van der Waals surface area contributed by atoms with Crippen molar-refractivity contribution in [1.29, 1.82) is 0 Å². The van der Waals surface area contributed by atoms with Crippen molar-refractivity contribution in [2.24, 2.45) is 0 Å². The standard InChI is InChI=1S/C20H21ClN2S/c21-15-7-8-20-18(14-15)16(17-4-1-2-6-19(17)24-20)5-3-11-23-12-9-22-10-13-23/h1-2,4-8,14,22H,3,9-13H2. The third-order valence-corrected chi connectivity index (χ3v) is 6.02. The lowest BCUT2D eigenvalue weighted by molar-refractivity contribution is 0.245. The van der Waals surface area contributed by atoms with Crippen LogP contribution >= 0.6 is 23.4 Å². The Balaban J connectivity index is 1.63. The maximum Gasteiger partial charge on any atom is 0.0412 e. The van der Waals surface area contributed by atoms with Crippen LogP contribution in [0, 0.1) is 0 Å². The van der Waals surface area contributed by atoms with Gasteiger partial charge in [-0.15, -0.1) is 0 Å². The second-order valence-electron chi connectivity index (χ2n) is 6.24. The average molecular weight is 357 g/mol. The molecule has 0 saturated carbocycles. The van der Waals surface area contributed by atoms with E-state index in [4.69, 9.17) is 11.6 Å². The van der Waals surface area contributed by atoms with E-state index >= 15 is 0 Å². The van der Waals surface area contributed by atoms with Gasteiger partial charge in [0.2, 0.25) is 0 Å². The zero-order chi connectivity index (χ0) is 16.4. The maximum atomic E-state index is 6.27. The predicted molar refractivity (Wildman–Crippen MR) is 103 cm³/mol. The quantitative estimate of drug-likeness (QED) is 0.742. The van der Waals surface area contributed by atoms with Crippen molar-refractivity contribution in [3.63, 3.8) is 0 Å². The molecule has 0 aromatic heterocycles. The third kappa shape index (κ3) is 3.40. The van der Waals surface area contributed by atoms with Gasteiger partial charge in [-0.1, -0.05) is 47.6 Å². The Bertz CT molecular complexity index is 766. The average Bonchev–Trinajstić information content (AvgIpc) is 2.62. The molecule has 2 aromatic rings.